The van der Waals surface area contributed by atoms with Gasteiger partial charge in [-0.3, -0.25) is 0 Å². The van der Waals surface area contributed by atoms with Gasteiger partial charge in [-0.1, -0.05) is 11.6 Å². The summed E-state index contributed by atoms with van der Waals surface area (Å²) in [7, 11) is 0. The standard InChI is InChI=1S/C15H26N2O2/c1-2-19-12-14-8-10-17(11-14)15(18)16-9-7-13-5-3-4-6-13/h5,14H,2-4,6-12H2,1H3,(H,16,18)/t14-/m1/s1. The third-order valence-corrected chi connectivity index (χ3v) is 3.99. The van der Waals surface area contributed by atoms with Gasteiger partial charge in [0.05, 0.1) is 6.61 Å². The molecule has 0 radical (unpaired) electrons. The molecule has 1 aliphatic carbocycles. The Morgan fingerprint density at radius 1 is 1.58 bits per heavy atom. The van der Waals surface area contributed by atoms with E-state index in [1.54, 1.807) is 0 Å². The number of rotatable bonds is 6. The summed E-state index contributed by atoms with van der Waals surface area (Å²) in [5.74, 6) is 0.517. The smallest absolute Gasteiger partial charge is 0.317 e. The number of likely N-dealkylation sites (tertiary alicyclic amines) is 1. The average Bonchev–Trinajstić information content (AvgIpc) is 3.07. The maximum atomic E-state index is 12.0. The first-order chi connectivity index (χ1) is 9.29. The molecule has 19 heavy (non-hydrogen) atoms. The fourth-order valence-electron chi connectivity index (χ4n) is 2.84. The van der Waals surface area contributed by atoms with Crippen LogP contribution in [0.5, 0.6) is 0 Å². The largest absolute Gasteiger partial charge is 0.381 e. The van der Waals surface area contributed by atoms with E-state index in [1.165, 1.54) is 24.8 Å². The van der Waals surface area contributed by atoms with E-state index in [0.29, 0.717) is 5.92 Å². The van der Waals surface area contributed by atoms with Gasteiger partial charge < -0.3 is 15.0 Å². The zero-order valence-electron chi connectivity index (χ0n) is 12.0. The van der Waals surface area contributed by atoms with Gasteiger partial charge in [0.2, 0.25) is 0 Å². The van der Waals surface area contributed by atoms with Gasteiger partial charge in [0.15, 0.2) is 0 Å². The lowest BCUT2D eigenvalue weighted by Crippen LogP contribution is -2.39. The maximum absolute atomic E-state index is 12.0. The summed E-state index contributed by atoms with van der Waals surface area (Å²) in [4.78, 5) is 13.9. The molecule has 0 aromatic heterocycles. The molecular weight excluding hydrogens is 240 g/mol. The molecule has 1 fully saturated rings. The molecule has 2 rings (SSSR count). The third kappa shape index (κ3) is 4.53. The lowest BCUT2D eigenvalue weighted by Gasteiger charge is -2.17. The monoisotopic (exact) mass is 266 g/mol. The van der Waals surface area contributed by atoms with Crippen molar-refractivity contribution < 1.29 is 9.53 Å². The normalized spacial score (nSPS) is 22.7. The molecule has 1 saturated heterocycles. The van der Waals surface area contributed by atoms with E-state index in [9.17, 15) is 4.79 Å². The Bertz CT molecular complexity index is 328. The minimum atomic E-state index is 0.0950. The van der Waals surface area contributed by atoms with Gasteiger partial charge in [0.1, 0.15) is 0 Å². The van der Waals surface area contributed by atoms with Gasteiger partial charge in [0.25, 0.3) is 0 Å². The van der Waals surface area contributed by atoms with E-state index in [1.807, 2.05) is 11.8 Å². The first-order valence-corrected chi connectivity index (χ1v) is 7.58. The van der Waals surface area contributed by atoms with E-state index in [2.05, 4.69) is 11.4 Å². The van der Waals surface area contributed by atoms with Crippen LogP contribution in [0.2, 0.25) is 0 Å². The summed E-state index contributed by atoms with van der Waals surface area (Å²) in [6.07, 6.45) is 8.12. The molecule has 1 atom stereocenters. The second-order valence-corrected chi connectivity index (χ2v) is 5.50. The Kier molecular flexibility index (Phi) is 5.70. The summed E-state index contributed by atoms with van der Waals surface area (Å²) >= 11 is 0. The topological polar surface area (TPSA) is 41.6 Å². The van der Waals surface area contributed by atoms with E-state index in [4.69, 9.17) is 4.74 Å². The van der Waals surface area contributed by atoms with E-state index < -0.39 is 0 Å². The molecule has 4 nitrogen and oxygen atoms in total. The Morgan fingerprint density at radius 2 is 2.47 bits per heavy atom. The van der Waals surface area contributed by atoms with Crippen molar-refractivity contribution in [2.75, 3.05) is 32.8 Å². The highest BCUT2D eigenvalue weighted by Gasteiger charge is 2.25. The highest BCUT2D eigenvalue weighted by atomic mass is 16.5. The van der Waals surface area contributed by atoms with Gasteiger partial charge in [-0.15, -0.1) is 0 Å². The summed E-state index contributed by atoms with van der Waals surface area (Å²) < 4.78 is 5.43. The number of carbonyl (C=O) groups is 1. The summed E-state index contributed by atoms with van der Waals surface area (Å²) in [5.41, 5.74) is 1.51. The van der Waals surface area contributed by atoms with Crippen LogP contribution in [-0.2, 0) is 4.74 Å². The maximum Gasteiger partial charge on any atom is 0.317 e. The fourth-order valence-corrected chi connectivity index (χ4v) is 2.84. The third-order valence-electron chi connectivity index (χ3n) is 3.99. The van der Waals surface area contributed by atoms with Crippen molar-refractivity contribution in [2.24, 2.45) is 5.92 Å². The molecule has 1 N–H and O–H groups in total. The van der Waals surface area contributed by atoms with Crippen molar-refractivity contribution in [1.82, 2.24) is 10.2 Å². The number of nitrogens with one attached hydrogen (secondary N) is 1. The number of nitrogens with zero attached hydrogens (tertiary/aromatic N) is 1. The molecule has 108 valence electrons. The first kappa shape index (κ1) is 14.4. The molecule has 0 unspecified atom stereocenters. The van der Waals surface area contributed by atoms with Crippen LogP contribution >= 0.6 is 0 Å². The van der Waals surface area contributed by atoms with Crippen molar-refractivity contribution in [3.8, 4) is 0 Å². The van der Waals surface area contributed by atoms with E-state index in [0.717, 1.165) is 45.7 Å². The van der Waals surface area contributed by atoms with Crippen LogP contribution in [0, 0.1) is 5.92 Å². The molecule has 0 aromatic carbocycles. The molecule has 0 bridgehead atoms. The highest BCUT2D eigenvalue weighted by Crippen LogP contribution is 2.20. The van der Waals surface area contributed by atoms with Crippen LogP contribution in [0.3, 0.4) is 0 Å². The highest BCUT2D eigenvalue weighted by molar-refractivity contribution is 5.74. The molecule has 2 aliphatic rings. The summed E-state index contributed by atoms with van der Waals surface area (Å²) in [6, 6.07) is 0.0950. The summed E-state index contributed by atoms with van der Waals surface area (Å²) in [6.45, 7) is 6.04. The number of hydrogen-bond acceptors (Lipinski definition) is 2. The number of carbonyl (C=O) groups excluding carboxylic acids is 1. The molecule has 0 saturated carbocycles. The molecule has 4 heteroatoms. The lowest BCUT2D eigenvalue weighted by molar-refractivity contribution is 0.113. The number of amides is 2. The van der Waals surface area contributed by atoms with Crippen LogP contribution in [0.25, 0.3) is 0 Å². The van der Waals surface area contributed by atoms with Crippen LogP contribution in [0.1, 0.15) is 39.0 Å². The number of urea groups is 1. The predicted octanol–water partition coefficient (Wildman–Crippen LogP) is 2.55. The predicted molar refractivity (Wildman–Crippen MR) is 76.1 cm³/mol. The van der Waals surface area contributed by atoms with Crippen LogP contribution < -0.4 is 5.32 Å². The van der Waals surface area contributed by atoms with Crippen molar-refractivity contribution in [3.63, 3.8) is 0 Å². The average molecular weight is 266 g/mol. The molecule has 2 amide bonds. The Morgan fingerprint density at radius 3 is 3.21 bits per heavy atom. The first-order valence-electron chi connectivity index (χ1n) is 7.58. The lowest BCUT2D eigenvalue weighted by atomic mass is 10.1. The van der Waals surface area contributed by atoms with E-state index >= 15 is 0 Å². The van der Waals surface area contributed by atoms with Gasteiger partial charge in [0, 0.05) is 32.2 Å². The van der Waals surface area contributed by atoms with Crippen LogP contribution in [0.4, 0.5) is 4.79 Å². The number of ether oxygens (including phenoxy) is 1. The van der Waals surface area contributed by atoms with E-state index in [-0.39, 0.29) is 6.03 Å². The zero-order chi connectivity index (χ0) is 13.5. The molecule has 0 aromatic rings. The SMILES string of the molecule is CCOC[C@@H]1CCN(C(=O)NCCC2=CCCC2)C1. The zero-order valence-corrected chi connectivity index (χ0v) is 12.0. The molecular formula is C15H26N2O2. The minimum Gasteiger partial charge on any atom is -0.381 e. The number of hydrogen-bond donors (Lipinski definition) is 1. The quantitative estimate of drug-likeness (QED) is 0.751. The Labute approximate surface area is 116 Å². The van der Waals surface area contributed by atoms with Crippen molar-refractivity contribution in [3.05, 3.63) is 11.6 Å². The van der Waals surface area contributed by atoms with Crippen LogP contribution in [-0.4, -0.2) is 43.8 Å². The summed E-state index contributed by atoms with van der Waals surface area (Å²) in [5, 5.41) is 3.03. The van der Waals surface area contributed by atoms with Crippen LogP contribution in [0.15, 0.2) is 11.6 Å². The fraction of sp³-hybridized carbons (Fsp3) is 0.800. The molecule has 1 heterocycles. The van der Waals surface area contributed by atoms with Gasteiger partial charge in [-0.05, 0) is 39.0 Å². The second kappa shape index (κ2) is 7.53. The van der Waals surface area contributed by atoms with Gasteiger partial charge >= 0.3 is 6.03 Å². The Balaban J connectivity index is 1.61. The minimum absolute atomic E-state index is 0.0950. The van der Waals surface area contributed by atoms with Gasteiger partial charge in [-0.2, -0.15) is 0 Å². The second-order valence-electron chi connectivity index (χ2n) is 5.50. The Hall–Kier alpha value is -1.03. The van der Waals surface area contributed by atoms with Gasteiger partial charge in [-0.25, -0.2) is 4.79 Å². The van der Waals surface area contributed by atoms with Crippen molar-refractivity contribution in [2.45, 2.75) is 39.0 Å². The van der Waals surface area contributed by atoms with Crippen molar-refractivity contribution >= 4 is 6.03 Å². The van der Waals surface area contributed by atoms with Crippen molar-refractivity contribution in [1.29, 1.82) is 0 Å². The molecule has 0 spiro atoms. The molecule has 1 aliphatic heterocycles. The number of allylic oxidation sites excluding steroid dienone is 1.